The summed E-state index contributed by atoms with van der Waals surface area (Å²) in [6.07, 6.45) is 4.83. The summed E-state index contributed by atoms with van der Waals surface area (Å²) < 4.78 is 51.3. The molecule has 3 saturated heterocycles. The highest BCUT2D eigenvalue weighted by atomic mass is 19.3. The number of nitrogens with one attached hydrogen (secondary N) is 3. The van der Waals surface area contributed by atoms with Crippen molar-refractivity contribution >= 4 is 70.2 Å². The number of halogens is 3. The molecule has 348 valence electrons. The van der Waals surface area contributed by atoms with Gasteiger partial charge in [0.05, 0.1) is 48.8 Å². The Morgan fingerprint density at radius 1 is 0.939 bits per heavy atom. The number of benzene rings is 2. The van der Waals surface area contributed by atoms with Crippen LogP contribution in [0.1, 0.15) is 76.0 Å². The average molecular weight is 916 g/mol. The van der Waals surface area contributed by atoms with Crippen LogP contribution in [0.3, 0.4) is 0 Å². The van der Waals surface area contributed by atoms with Gasteiger partial charge in [-0.2, -0.15) is 13.8 Å². The summed E-state index contributed by atoms with van der Waals surface area (Å²) in [5.74, 6) is -8.87. The number of piperazine rings is 1. The van der Waals surface area contributed by atoms with Crippen LogP contribution in [0.2, 0.25) is 0 Å². The first-order valence-corrected chi connectivity index (χ1v) is 22.0. The van der Waals surface area contributed by atoms with Crippen LogP contribution in [0.5, 0.6) is 5.75 Å². The van der Waals surface area contributed by atoms with E-state index in [0.717, 1.165) is 34.4 Å². The number of methoxy groups -OCH3 is 1. The Kier molecular flexibility index (Phi) is 11.8. The van der Waals surface area contributed by atoms with Gasteiger partial charge >= 0.3 is 5.92 Å². The van der Waals surface area contributed by atoms with Gasteiger partial charge < -0.3 is 35.0 Å². The van der Waals surface area contributed by atoms with E-state index in [0.29, 0.717) is 52.0 Å². The maximum absolute atomic E-state index is 15.7. The minimum absolute atomic E-state index is 0.0301. The number of likely N-dealkylation sites (tertiary alicyclic amines) is 1. The van der Waals surface area contributed by atoms with Crippen LogP contribution < -0.4 is 35.4 Å². The molecule has 66 heavy (non-hydrogen) atoms. The van der Waals surface area contributed by atoms with E-state index in [-0.39, 0.29) is 83.5 Å². The van der Waals surface area contributed by atoms with Gasteiger partial charge in [-0.15, -0.1) is 0 Å². The molecule has 0 radical (unpaired) electrons. The molecule has 19 nitrogen and oxygen atoms in total. The summed E-state index contributed by atoms with van der Waals surface area (Å²) in [4.78, 5) is 108. The van der Waals surface area contributed by atoms with Gasteiger partial charge in [0.15, 0.2) is 5.82 Å². The number of fused-ring (bicyclic) bond motifs is 2. The maximum Gasteiger partial charge on any atom is 0.342 e. The van der Waals surface area contributed by atoms with Crippen LogP contribution >= 0.6 is 0 Å². The third-order valence-electron chi connectivity index (χ3n) is 13.3. The number of alkyl halides is 2. The van der Waals surface area contributed by atoms with Crippen LogP contribution in [0.25, 0.3) is 0 Å². The Bertz CT molecular complexity index is 2530. The monoisotopic (exact) mass is 915 g/mol. The van der Waals surface area contributed by atoms with Crippen LogP contribution in [-0.4, -0.2) is 157 Å². The van der Waals surface area contributed by atoms with Crippen molar-refractivity contribution in [3.63, 3.8) is 0 Å². The molecule has 3 aromatic rings. The lowest BCUT2D eigenvalue weighted by Crippen LogP contribution is -2.54. The number of hydrogen-bond acceptors (Lipinski definition) is 14. The summed E-state index contributed by atoms with van der Waals surface area (Å²) in [5, 5.41) is 7.91. The van der Waals surface area contributed by atoms with E-state index in [1.807, 2.05) is 9.80 Å². The first kappa shape index (κ1) is 44.4. The van der Waals surface area contributed by atoms with Crippen LogP contribution in [0.15, 0.2) is 36.5 Å². The van der Waals surface area contributed by atoms with Gasteiger partial charge in [0.1, 0.15) is 23.3 Å². The third kappa shape index (κ3) is 8.32. The van der Waals surface area contributed by atoms with Crippen molar-refractivity contribution in [1.82, 2.24) is 35.3 Å². The molecule has 6 aliphatic rings. The van der Waals surface area contributed by atoms with Crippen LogP contribution in [-0.2, 0) is 19.2 Å². The highest BCUT2D eigenvalue weighted by molar-refractivity contribution is 6.23. The predicted molar refractivity (Wildman–Crippen MR) is 230 cm³/mol. The van der Waals surface area contributed by atoms with Gasteiger partial charge in [-0.1, -0.05) is 12.8 Å². The molecule has 0 bridgehead atoms. The van der Waals surface area contributed by atoms with E-state index in [1.165, 1.54) is 31.3 Å². The molecule has 2 atom stereocenters. The van der Waals surface area contributed by atoms with Gasteiger partial charge in [-0.3, -0.25) is 48.7 Å². The second-order valence-electron chi connectivity index (χ2n) is 17.4. The largest absolute Gasteiger partial charge is 0.495 e. The van der Waals surface area contributed by atoms with E-state index in [1.54, 1.807) is 23.1 Å². The molecular formula is C44H48F3N11O8. The zero-order valence-electron chi connectivity index (χ0n) is 36.3. The Morgan fingerprint density at radius 2 is 1.68 bits per heavy atom. The minimum atomic E-state index is -3.66. The first-order chi connectivity index (χ1) is 31.6. The number of carbonyl (C=O) groups excluding carboxylic acids is 7. The molecule has 4 fully saturated rings. The summed E-state index contributed by atoms with van der Waals surface area (Å²) in [7, 11) is 2.58. The smallest absolute Gasteiger partial charge is 0.342 e. The minimum Gasteiger partial charge on any atom is -0.495 e. The predicted octanol–water partition coefficient (Wildman–Crippen LogP) is 2.28. The summed E-state index contributed by atoms with van der Waals surface area (Å²) >= 11 is 0. The van der Waals surface area contributed by atoms with Crippen LogP contribution in [0.4, 0.5) is 42.0 Å². The van der Waals surface area contributed by atoms with Gasteiger partial charge in [0.25, 0.3) is 23.6 Å². The van der Waals surface area contributed by atoms with Gasteiger partial charge in [-0.25, -0.2) is 9.37 Å². The number of anilines is 5. The fraction of sp³-hybridized carbons (Fsp3) is 0.477. The molecule has 22 heteroatoms. The molecule has 1 saturated carbocycles. The van der Waals surface area contributed by atoms with Crippen molar-refractivity contribution in [2.45, 2.75) is 69.0 Å². The van der Waals surface area contributed by atoms with Crippen molar-refractivity contribution in [2.24, 2.45) is 0 Å². The number of amides is 7. The van der Waals surface area contributed by atoms with Gasteiger partial charge in [0.2, 0.25) is 23.7 Å². The number of aromatic nitrogens is 2. The van der Waals surface area contributed by atoms with Gasteiger partial charge in [0, 0.05) is 76.6 Å². The van der Waals surface area contributed by atoms with E-state index >= 15 is 13.2 Å². The zero-order chi connectivity index (χ0) is 46.6. The zero-order valence-corrected chi connectivity index (χ0v) is 36.3. The van der Waals surface area contributed by atoms with E-state index in [2.05, 4.69) is 25.9 Å². The number of ether oxygens (including phenoxy) is 1. The molecular weight excluding hydrogens is 868 g/mol. The lowest BCUT2D eigenvalue weighted by atomic mass is 10.0. The normalized spacial score (nSPS) is 22.4. The second kappa shape index (κ2) is 17.5. The molecule has 0 spiro atoms. The number of rotatable bonds is 10. The summed E-state index contributed by atoms with van der Waals surface area (Å²) in [5.41, 5.74) is 0.989. The lowest BCUT2D eigenvalue weighted by Gasteiger charge is -2.36. The Balaban J connectivity index is 0.783. The van der Waals surface area contributed by atoms with E-state index < -0.39 is 65.8 Å². The Morgan fingerprint density at radius 3 is 2.41 bits per heavy atom. The molecule has 6 heterocycles. The topological polar surface area (TPSA) is 210 Å². The third-order valence-corrected chi connectivity index (χ3v) is 13.3. The molecule has 9 rings (SSSR count). The highest BCUT2D eigenvalue weighted by Gasteiger charge is 2.49. The summed E-state index contributed by atoms with van der Waals surface area (Å²) in [6, 6.07) is 5.48. The molecule has 1 aliphatic carbocycles. The van der Waals surface area contributed by atoms with Crippen molar-refractivity contribution in [3.8, 4) is 5.75 Å². The standard InChI is InChI=1S/C44H48F3N11O8/c1-53-33-20-48-43(52-37(33)57(25-5-3-4-6-25)23-44(46,47)42(53)65)50-31-19-30(45)29(18-34(31)66-2)38(61)49-24-11-12-56(21-24)36(60)22-54-13-15-55(16-14-54)26-7-8-27-28(17-26)41(64)58(40(27)63)32-9-10-35(59)51-39(32)62/h7-8,17-20,24-25,32H,3-6,9-16,21-23H2,1-2H3,(H,49,61)(H,48,50,52)(H,51,59,62)/t24-,32?/m0/s1. The molecule has 1 unspecified atom stereocenters. The quantitative estimate of drug-likeness (QED) is 0.250. The number of hydrogen-bond donors (Lipinski definition) is 3. The Labute approximate surface area is 376 Å². The van der Waals surface area contributed by atoms with Crippen molar-refractivity contribution < 1.29 is 51.5 Å². The fourth-order valence-corrected chi connectivity index (χ4v) is 9.70. The van der Waals surface area contributed by atoms with E-state index in [9.17, 15) is 33.6 Å². The van der Waals surface area contributed by atoms with Crippen molar-refractivity contribution in [1.29, 1.82) is 0 Å². The molecule has 3 N–H and O–H groups in total. The summed E-state index contributed by atoms with van der Waals surface area (Å²) in [6.45, 7) is 2.04. The number of piperidine rings is 1. The fourth-order valence-electron chi connectivity index (χ4n) is 9.70. The van der Waals surface area contributed by atoms with Crippen molar-refractivity contribution in [3.05, 3.63) is 59.0 Å². The number of imide groups is 2. The number of carbonyl (C=O) groups is 7. The molecule has 1 aromatic heterocycles. The van der Waals surface area contributed by atoms with E-state index in [4.69, 9.17) is 4.74 Å². The second-order valence-corrected chi connectivity index (χ2v) is 17.4. The average Bonchev–Trinajstić information content (AvgIpc) is 4.05. The Hall–Kier alpha value is -6.84. The molecule has 5 aliphatic heterocycles. The van der Waals surface area contributed by atoms with Crippen molar-refractivity contribution in [2.75, 3.05) is 86.5 Å². The first-order valence-electron chi connectivity index (χ1n) is 22.0. The van der Waals surface area contributed by atoms with Gasteiger partial charge in [-0.05, 0) is 49.9 Å². The lowest BCUT2D eigenvalue weighted by molar-refractivity contribution is -0.140. The molecule has 7 amide bonds. The molecule has 2 aromatic carbocycles. The maximum atomic E-state index is 15.7. The number of nitrogens with zero attached hydrogens (tertiary/aromatic N) is 8. The highest BCUT2D eigenvalue weighted by Crippen LogP contribution is 2.40. The SMILES string of the molecule is COc1cc(C(=O)N[C@H]2CCN(C(=O)CN3CCN(c4ccc5c(c4)C(=O)N(C4CCC(=O)NC4=O)C5=O)CC3)C2)c(F)cc1Nc1ncc2c(n1)N(C1CCCC1)CC(F)(F)C(=O)N2C. The van der Waals surface area contributed by atoms with Crippen LogP contribution in [0, 0.1) is 5.82 Å².